The van der Waals surface area contributed by atoms with E-state index in [1.54, 1.807) is 0 Å². The van der Waals surface area contributed by atoms with Crippen LogP contribution in [0.1, 0.15) is 60.8 Å². The van der Waals surface area contributed by atoms with Crippen molar-refractivity contribution >= 4 is 0 Å². The Balaban J connectivity index is 4.10. The summed E-state index contributed by atoms with van der Waals surface area (Å²) in [4.78, 5) is 0. The third-order valence-electron chi connectivity index (χ3n) is 4.68. The molecule has 0 N–H and O–H groups in total. The molecule has 0 spiro atoms. The highest BCUT2D eigenvalue weighted by atomic mass is 15.3. The van der Waals surface area contributed by atoms with Gasteiger partial charge in [-0.05, 0) is 36.0 Å². The molecule has 0 aromatic carbocycles. The largest absolute Gasteiger partial charge is 0.331 e. The second-order valence-electron chi connectivity index (χ2n) is 8.55. The lowest BCUT2D eigenvalue weighted by Gasteiger charge is -2.32. The van der Waals surface area contributed by atoms with Crippen molar-refractivity contribution < 1.29 is 4.48 Å². The van der Waals surface area contributed by atoms with E-state index in [4.69, 9.17) is 0 Å². The molecule has 0 rings (SSSR count). The zero-order valence-corrected chi connectivity index (χ0v) is 14.5. The predicted octanol–water partition coefficient (Wildman–Crippen LogP) is 4.82. The van der Waals surface area contributed by atoms with Crippen LogP contribution in [-0.4, -0.2) is 32.2 Å². The SMILES string of the molecule is CC(C)C(C)C(C)CCC(C)(C)CC[N+](C)(C)C. The van der Waals surface area contributed by atoms with Crippen molar-refractivity contribution in [2.75, 3.05) is 27.7 Å². The quantitative estimate of drug-likeness (QED) is 0.546. The molecule has 0 heterocycles. The van der Waals surface area contributed by atoms with Gasteiger partial charge in [0.05, 0.1) is 27.7 Å². The van der Waals surface area contributed by atoms with Gasteiger partial charge in [-0.15, -0.1) is 0 Å². The standard InChI is InChI=1S/C17H38N/c1-14(2)16(4)15(3)10-11-17(5,6)12-13-18(7,8)9/h14-16H,10-13H2,1-9H3/q+1. The Morgan fingerprint density at radius 2 is 1.39 bits per heavy atom. The minimum absolute atomic E-state index is 0.497. The molecule has 0 bridgehead atoms. The summed E-state index contributed by atoms with van der Waals surface area (Å²) < 4.78 is 1.08. The highest BCUT2D eigenvalue weighted by Crippen LogP contribution is 2.32. The molecular weight excluding hydrogens is 218 g/mol. The summed E-state index contributed by atoms with van der Waals surface area (Å²) in [6.07, 6.45) is 4.08. The summed E-state index contributed by atoms with van der Waals surface area (Å²) in [5.41, 5.74) is 0.497. The molecular formula is C17H38N+. The molecule has 0 saturated carbocycles. The summed E-state index contributed by atoms with van der Waals surface area (Å²) in [5, 5.41) is 0. The average molecular weight is 256 g/mol. The van der Waals surface area contributed by atoms with Crippen LogP contribution in [-0.2, 0) is 0 Å². The van der Waals surface area contributed by atoms with Gasteiger partial charge in [0, 0.05) is 6.42 Å². The molecule has 110 valence electrons. The zero-order chi connectivity index (χ0) is 14.6. The number of quaternary nitrogens is 1. The molecule has 0 saturated heterocycles. The van der Waals surface area contributed by atoms with Gasteiger partial charge in [-0.2, -0.15) is 0 Å². The monoisotopic (exact) mass is 256 g/mol. The maximum Gasteiger partial charge on any atom is 0.0785 e. The van der Waals surface area contributed by atoms with Crippen molar-refractivity contribution in [2.24, 2.45) is 23.2 Å². The molecule has 0 aliphatic carbocycles. The molecule has 18 heavy (non-hydrogen) atoms. The molecule has 2 unspecified atom stereocenters. The van der Waals surface area contributed by atoms with Crippen molar-refractivity contribution in [3.8, 4) is 0 Å². The first-order valence-corrected chi connectivity index (χ1v) is 7.75. The fraction of sp³-hybridized carbons (Fsp3) is 1.00. The van der Waals surface area contributed by atoms with E-state index in [0.717, 1.165) is 22.2 Å². The Hall–Kier alpha value is -0.0400. The lowest BCUT2D eigenvalue weighted by atomic mass is 9.77. The van der Waals surface area contributed by atoms with E-state index in [9.17, 15) is 0 Å². The van der Waals surface area contributed by atoms with Crippen LogP contribution < -0.4 is 0 Å². The fourth-order valence-corrected chi connectivity index (χ4v) is 2.30. The first kappa shape index (κ1) is 18.0. The molecule has 1 nitrogen and oxygen atoms in total. The molecule has 0 aliphatic rings. The molecule has 0 amide bonds. The van der Waals surface area contributed by atoms with Crippen LogP contribution in [0.25, 0.3) is 0 Å². The van der Waals surface area contributed by atoms with E-state index in [1.807, 2.05) is 0 Å². The summed E-state index contributed by atoms with van der Waals surface area (Å²) >= 11 is 0. The molecule has 0 aromatic heterocycles. The van der Waals surface area contributed by atoms with Crippen molar-refractivity contribution in [1.29, 1.82) is 0 Å². The van der Waals surface area contributed by atoms with Crippen LogP contribution in [0.2, 0.25) is 0 Å². The predicted molar refractivity (Wildman–Crippen MR) is 83.7 cm³/mol. The third-order valence-corrected chi connectivity index (χ3v) is 4.68. The van der Waals surface area contributed by atoms with Gasteiger partial charge in [-0.3, -0.25) is 0 Å². The van der Waals surface area contributed by atoms with Crippen molar-refractivity contribution in [3.05, 3.63) is 0 Å². The molecule has 1 heteroatoms. The minimum Gasteiger partial charge on any atom is -0.331 e. The Kier molecular flexibility index (Phi) is 6.92. The van der Waals surface area contributed by atoms with E-state index in [2.05, 4.69) is 62.7 Å². The van der Waals surface area contributed by atoms with E-state index < -0.39 is 0 Å². The highest BCUT2D eigenvalue weighted by molar-refractivity contribution is 4.73. The Bertz CT molecular complexity index is 222. The van der Waals surface area contributed by atoms with Crippen LogP contribution in [0.3, 0.4) is 0 Å². The second kappa shape index (κ2) is 6.93. The fourth-order valence-electron chi connectivity index (χ4n) is 2.30. The van der Waals surface area contributed by atoms with Gasteiger partial charge < -0.3 is 4.48 Å². The molecule has 0 fully saturated rings. The molecule has 0 aromatic rings. The third kappa shape index (κ3) is 8.13. The number of rotatable bonds is 8. The maximum atomic E-state index is 2.44. The number of hydrogen-bond acceptors (Lipinski definition) is 0. The van der Waals surface area contributed by atoms with Crippen molar-refractivity contribution in [2.45, 2.75) is 60.8 Å². The normalized spacial score (nSPS) is 17.0. The minimum atomic E-state index is 0.497. The molecule has 0 aliphatic heterocycles. The van der Waals surface area contributed by atoms with Gasteiger partial charge in [0.1, 0.15) is 0 Å². The van der Waals surface area contributed by atoms with E-state index in [-0.39, 0.29) is 0 Å². The average Bonchev–Trinajstić information content (AvgIpc) is 2.21. The number of hydrogen-bond donors (Lipinski definition) is 0. The Labute approximate surface area is 117 Å². The van der Waals surface area contributed by atoms with Gasteiger partial charge in [0.25, 0.3) is 0 Å². The lowest BCUT2D eigenvalue weighted by molar-refractivity contribution is -0.871. The summed E-state index contributed by atoms with van der Waals surface area (Å²) in [6, 6.07) is 0. The van der Waals surface area contributed by atoms with Crippen molar-refractivity contribution in [1.82, 2.24) is 0 Å². The first-order valence-electron chi connectivity index (χ1n) is 7.75. The van der Waals surface area contributed by atoms with Gasteiger partial charge in [-0.1, -0.05) is 41.5 Å². The number of nitrogens with zero attached hydrogens (tertiary/aromatic N) is 1. The van der Waals surface area contributed by atoms with Crippen LogP contribution in [0, 0.1) is 23.2 Å². The van der Waals surface area contributed by atoms with Gasteiger partial charge in [-0.25, -0.2) is 0 Å². The van der Waals surface area contributed by atoms with Crippen LogP contribution in [0.5, 0.6) is 0 Å². The van der Waals surface area contributed by atoms with Gasteiger partial charge in [0.2, 0.25) is 0 Å². The Morgan fingerprint density at radius 1 is 0.889 bits per heavy atom. The topological polar surface area (TPSA) is 0 Å². The highest BCUT2D eigenvalue weighted by Gasteiger charge is 2.24. The zero-order valence-electron chi connectivity index (χ0n) is 14.5. The van der Waals surface area contributed by atoms with Gasteiger partial charge >= 0.3 is 0 Å². The van der Waals surface area contributed by atoms with E-state index >= 15 is 0 Å². The van der Waals surface area contributed by atoms with E-state index in [1.165, 1.54) is 25.8 Å². The van der Waals surface area contributed by atoms with Crippen LogP contribution in [0.15, 0.2) is 0 Å². The summed E-state index contributed by atoms with van der Waals surface area (Å²) in [7, 11) is 6.87. The second-order valence-corrected chi connectivity index (χ2v) is 8.55. The lowest BCUT2D eigenvalue weighted by Crippen LogP contribution is -2.37. The Morgan fingerprint density at radius 3 is 1.78 bits per heavy atom. The van der Waals surface area contributed by atoms with Crippen LogP contribution in [0.4, 0.5) is 0 Å². The smallest absolute Gasteiger partial charge is 0.0785 e. The summed E-state index contributed by atoms with van der Waals surface area (Å²) in [5.74, 6) is 2.52. The van der Waals surface area contributed by atoms with E-state index in [0.29, 0.717) is 5.41 Å². The molecule has 2 atom stereocenters. The summed E-state index contributed by atoms with van der Waals surface area (Å²) in [6.45, 7) is 15.7. The van der Waals surface area contributed by atoms with Gasteiger partial charge in [0.15, 0.2) is 0 Å². The van der Waals surface area contributed by atoms with Crippen molar-refractivity contribution in [3.63, 3.8) is 0 Å². The van der Waals surface area contributed by atoms with Crippen LogP contribution >= 0.6 is 0 Å². The maximum absolute atomic E-state index is 2.44. The first-order chi connectivity index (χ1) is 7.94. The molecule has 0 radical (unpaired) electrons.